The maximum Gasteiger partial charge on any atom is 0.241 e. The lowest BCUT2D eigenvalue weighted by molar-refractivity contribution is -0.225. The Balaban J connectivity index is 1.75. The van der Waals surface area contributed by atoms with Crippen molar-refractivity contribution in [1.82, 2.24) is 5.32 Å². The van der Waals surface area contributed by atoms with E-state index in [1.54, 1.807) is 0 Å². The lowest BCUT2D eigenvalue weighted by Crippen LogP contribution is -2.82. The van der Waals surface area contributed by atoms with Crippen molar-refractivity contribution in [2.24, 2.45) is 23.0 Å². The molecule has 1 saturated heterocycles. The third kappa shape index (κ3) is 1.76. The van der Waals surface area contributed by atoms with Crippen LogP contribution in [0.3, 0.4) is 0 Å². The molecular weight excluding hydrogens is 240 g/mol. The van der Waals surface area contributed by atoms with E-state index in [0.29, 0.717) is 5.92 Å². The van der Waals surface area contributed by atoms with Crippen molar-refractivity contribution in [1.29, 1.82) is 0 Å². The van der Waals surface area contributed by atoms with Crippen LogP contribution in [0.25, 0.3) is 0 Å². The number of nitrogens with two attached hydrogens (primary N) is 1. The molecule has 0 aromatic heterocycles. The van der Waals surface area contributed by atoms with Crippen LogP contribution in [0.1, 0.15) is 46.5 Å². The summed E-state index contributed by atoms with van der Waals surface area (Å²) in [5, 5.41) is 3.15. The molecule has 4 unspecified atom stereocenters. The van der Waals surface area contributed by atoms with Crippen LogP contribution < -0.4 is 11.1 Å². The third-order valence-corrected chi connectivity index (χ3v) is 5.75. The Bertz CT molecular complexity index is 392. The molecule has 4 nitrogen and oxygen atoms in total. The van der Waals surface area contributed by atoms with Crippen molar-refractivity contribution in [3.05, 3.63) is 0 Å². The minimum Gasteiger partial charge on any atom is -0.377 e. The Labute approximate surface area is 115 Å². The molecule has 0 bridgehead atoms. The van der Waals surface area contributed by atoms with Gasteiger partial charge in [0.05, 0.1) is 6.10 Å². The second kappa shape index (κ2) is 4.19. The molecule has 0 aromatic carbocycles. The Morgan fingerprint density at radius 2 is 2.05 bits per heavy atom. The zero-order valence-electron chi connectivity index (χ0n) is 12.2. The number of fused-ring (bicyclic) bond motifs is 1. The minimum absolute atomic E-state index is 0.0312. The first kappa shape index (κ1) is 13.4. The Morgan fingerprint density at radius 1 is 1.37 bits per heavy atom. The quantitative estimate of drug-likeness (QED) is 0.812. The van der Waals surface area contributed by atoms with Gasteiger partial charge in [-0.25, -0.2) is 0 Å². The SMILES string of the molecule is CC(NC(=O)C1(N)C2CCCOC2C1(C)C)C1CC1. The first-order chi connectivity index (χ1) is 8.89. The predicted molar refractivity (Wildman–Crippen MR) is 73.5 cm³/mol. The van der Waals surface area contributed by atoms with Crippen LogP contribution >= 0.6 is 0 Å². The van der Waals surface area contributed by atoms with E-state index in [2.05, 4.69) is 26.1 Å². The fourth-order valence-electron chi connectivity index (χ4n) is 4.08. The van der Waals surface area contributed by atoms with Crippen LogP contribution in [0.15, 0.2) is 0 Å². The Hall–Kier alpha value is -0.610. The van der Waals surface area contributed by atoms with Gasteiger partial charge >= 0.3 is 0 Å². The van der Waals surface area contributed by atoms with Gasteiger partial charge in [-0.1, -0.05) is 13.8 Å². The van der Waals surface area contributed by atoms with Gasteiger partial charge in [-0.15, -0.1) is 0 Å². The van der Waals surface area contributed by atoms with Crippen molar-refractivity contribution in [3.63, 3.8) is 0 Å². The number of amides is 1. The van der Waals surface area contributed by atoms with Crippen LogP contribution in [-0.4, -0.2) is 30.2 Å². The molecule has 4 atom stereocenters. The number of carbonyl (C=O) groups is 1. The van der Waals surface area contributed by atoms with E-state index in [1.165, 1.54) is 12.8 Å². The molecule has 1 amide bonds. The molecule has 0 aromatic rings. The third-order valence-electron chi connectivity index (χ3n) is 5.75. The summed E-state index contributed by atoms with van der Waals surface area (Å²) in [5.41, 5.74) is 5.52. The highest BCUT2D eigenvalue weighted by atomic mass is 16.5. The molecule has 2 aliphatic carbocycles. The van der Waals surface area contributed by atoms with Gasteiger partial charge < -0.3 is 15.8 Å². The monoisotopic (exact) mass is 266 g/mol. The second-order valence-corrected chi connectivity index (χ2v) is 7.23. The minimum atomic E-state index is -0.763. The van der Waals surface area contributed by atoms with E-state index in [1.807, 2.05) is 0 Å². The number of hydrogen-bond donors (Lipinski definition) is 2. The van der Waals surface area contributed by atoms with Gasteiger partial charge in [0.15, 0.2) is 0 Å². The van der Waals surface area contributed by atoms with E-state index >= 15 is 0 Å². The molecule has 19 heavy (non-hydrogen) atoms. The highest BCUT2D eigenvalue weighted by Crippen LogP contribution is 2.57. The normalized spacial score (nSPS) is 41.9. The fraction of sp³-hybridized carbons (Fsp3) is 0.933. The van der Waals surface area contributed by atoms with Gasteiger partial charge in [0, 0.05) is 24.0 Å². The maximum atomic E-state index is 12.7. The van der Waals surface area contributed by atoms with E-state index in [4.69, 9.17) is 10.5 Å². The zero-order chi connectivity index (χ0) is 13.8. The average molecular weight is 266 g/mol. The van der Waals surface area contributed by atoms with Gasteiger partial charge in [0.2, 0.25) is 5.91 Å². The number of ether oxygens (including phenoxy) is 1. The molecule has 3 aliphatic rings. The zero-order valence-corrected chi connectivity index (χ0v) is 12.2. The van der Waals surface area contributed by atoms with E-state index in [9.17, 15) is 4.79 Å². The Morgan fingerprint density at radius 3 is 2.68 bits per heavy atom. The van der Waals surface area contributed by atoms with Crippen LogP contribution in [0, 0.1) is 17.3 Å². The number of carbonyl (C=O) groups excluding carboxylic acids is 1. The molecule has 2 saturated carbocycles. The molecule has 108 valence electrons. The van der Waals surface area contributed by atoms with Gasteiger partial charge in [-0.05, 0) is 38.5 Å². The summed E-state index contributed by atoms with van der Waals surface area (Å²) in [6.07, 6.45) is 4.64. The van der Waals surface area contributed by atoms with Crippen LogP contribution in [0.5, 0.6) is 0 Å². The molecule has 0 radical (unpaired) electrons. The molecular formula is C15H26N2O2. The van der Waals surface area contributed by atoms with Gasteiger partial charge in [0.25, 0.3) is 0 Å². The standard InChI is InChI=1S/C15H26N2O2/c1-9(10-6-7-10)17-13(18)15(16)11-5-4-8-19-12(11)14(15,2)3/h9-12H,4-8,16H2,1-3H3,(H,17,18). The lowest BCUT2D eigenvalue weighted by Gasteiger charge is -2.65. The summed E-state index contributed by atoms with van der Waals surface area (Å²) < 4.78 is 5.84. The molecule has 0 spiro atoms. The smallest absolute Gasteiger partial charge is 0.241 e. The number of nitrogens with one attached hydrogen (secondary N) is 1. The van der Waals surface area contributed by atoms with E-state index in [-0.39, 0.29) is 29.4 Å². The molecule has 1 aliphatic heterocycles. The Kier molecular flexibility index (Phi) is 2.95. The fourth-order valence-corrected chi connectivity index (χ4v) is 4.08. The van der Waals surface area contributed by atoms with Crippen LogP contribution in [0.2, 0.25) is 0 Å². The van der Waals surface area contributed by atoms with Gasteiger partial charge in [-0.2, -0.15) is 0 Å². The van der Waals surface area contributed by atoms with Crippen molar-refractivity contribution in [2.45, 2.75) is 64.1 Å². The van der Waals surface area contributed by atoms with Gasteiger partial charge in [0.1, 0.15) is 5.54 Å². The van der Waals surface area contributed by atoms with Crippen molar-refractivity contribution in [2.75, 3.05) is 6.61 Å². The second-order valence-electron chi connectivity index (χ2n) is 7.23. The summed E-state index contributed by atoms with van der Waals surface area (Å²) in [5.74, 6) is 0.875. The topological polar surface area (TPSA) is 64.4 Å². The van der Waals surface area contributed by atoms with Crippen molar-refractivity contribution < 1.29 is 9.53 Å². The summed E-state index contributed by atoms with van der Waals surface area (Å²) in [7, 11) is 0. The summed E-state index contributed by atoms with van der Waals surface area (Å²) in [6.45, 7) is 7.04. The summed E-state index contributed by atoms with van der Waals surface area (Å²) in [4.78, 5) is 12.7. The highest BCUT2D eigenvalue weighted by Gasteiger charge is 2.70. The molecule has 1 heterocycles. The first-order valence-corrected chi connectivity index (χ1v) is 7.60. The molecule has 3 fully saturated rings. The highest BCUT2D eigenvalue weighted by molar-refractivity contribution is 5.89. The summed E-state index contributed by atoms with van der Waals surface area (Å²) >= 11 is 0. The van der Waals surface area contributed by atoms with Gasteiger partial charge in [-0.3, -0.25) is 4.79 Å². The molecule has 3 N–H and O–H groups in total. The number of hydrogen-bond acceptors (Lipinski definition) is 3. The summed E-state index contributed by atoms with van der Waals surface area (Å²) in [6, 6.07) is 0.257. The largest absolute Gasteiger partial charge is 0.377 e. The van der Waals surface area contributed by atoms with Crippen molar-refractivity contribution in [3.8, 4) is 0 Å². The van der Waals surface area contributed by atoms with E-state index in [0.717, 1.165) is 19.4 Å². The molecule has 4 heteroatoms. The van der Waals surface area contributed by atoms with Crippen LogP contribution in [-0.2, 0) is 9.53 Å². The van der Waals surface area contributed by atoms with E-state index < -0.39 is 5.54 Å². The molecule has 3 rings (SSSR count). The lowest BCUT2D eigenvalue weighted by atomic mass is 9.46. The first-order valence-electron chi connectivity index (χ1n) is 7.60. The van der Waals surface area contributed by atoms with Crippen molar-refractivity contribution >= 4 is 5.91 Å². The predicted octanol–water partition coefficient (Wildman–Crippen LogP) is 1.43. The average Bonchev–Trinajstić information content (AvgIpc) is 3.21. The maximum absolute atomic E-state index is 12.7. The van der Waals surface area contributed by atoms with Crippen LogP contribution in [0.4, 0.5) is 0 Å². The number of rotatable bonds is 3.